The quantitative estimate of drug-likeness (QED) is 0.711. The smallest absolute Gasteiger partial charge is 0.130 e. The number of hydrogen-bond donors (Lipinski definition) is 1. The Morgan fingerprint density at radius 3 is 2.58 bits per heavy atom. The third-order valence-corrected chi connectivity index (χ3v) is 1.84. The van der Waals surface area contributed by atoms with Gasteiger partial charge in [-0.2, -0.15) is 0 Å². The molecule has 12 heavy (non-hydrogen) atoms. The molecule has 0 heterocycles. The van der Waals surface area contributed by atoms with Crippen molar-refractivity contribution in [3.63, 3.8) is 0 Å². The Balaban J connectivity index is 3.09. The monoisotopic (exact) mass is 167 g/mol. The lowest BCUT2D eigenvalue weighted by molar-refractivity contribution is 0.591. The van der Waals surface area contributed by atoms with E-state index >= 15 is 0 Å². The first kappa shape index (κ1) is 9.20. The average molecular weight is 167 g/mol. The van der Waals surface area contributed by atoms with Crippen molar-refractivity contribution in [3.05, 3.63) is 34.6 Å². The summed E-state index contributed by atoms with van der Waals surface area (Å²) in [7, 11) is 1.82. The fourth-order valence-electron chi connectivity index (χ4n) is 1.36. The van der Waals surface area contributed by atoms with Crippen molar-refractivity contribution in [2.75, 3.05) is 7.05 Å². The summed E-state index contributed by atoms with van der Waals surface area (Å²) < 4.78 is 13.3. The largest absolute Gasteiger partial charge is 0.316 e. The summed E-state index contributed by atoms with van der Waals surface area (Å²) >= 11 is 0. The molecular weight excluding hydrogens is 153 g/mol. The van der Waals surface area contributed by atoms with E-state index < -0.39 is 0 Å². The van der Waals surface area contributed by atoms with Gasteiger partial charge in [-0.1, -0.05) is 17.7 Å². The van der Waals surface area contributed by atoms with Gasteiger partial charge >= 0.3 is 0 Å². The van der Waals surface area contributed by atoms with Crippen LogP contribution in [0.2, 0.25) is 0 Å². The standard InChI is InChI=1S/C10H14FN/c1-7-4-8(2)10(11)9(5-7)6-12-3/h4-5,12H,6H2,1-3H3. The van der Waals surface area contributed by atoms with Crippen LogP contribution >= 0.6 is 0 Å². The molecule has 0 unspecified atom stereocenters. The van der Waals surface area contributed by atoms with Crippen LogP contribution in [0.3, 0.4) is 0 Å². The van der Waals surface area contributed by atoms with Crippen molar-refractivity contribution in [3.8, 4) is 0 Å². The van der Waals surface area contributed by atoms with E-state index in [1.165, 1.54) is 0 Å². The summed E-state index contributed by atoms with van der Waals surface area (Å²) in [6.07, 6.45) is 0. The van der Waals surface area contributed by atoms with Crippen LogP contribution < -0.4 is 5.32 Å². The summed E-state index contributed by atoms with van der Waals surface area (Å²) in [6, 6.07) is 3.73. The molecule has 0 saturated carbocycles. The summed E-state index contributed by atoms with van der Waals surface area (Å²) in [5.41, 5.74) is 2.58. The Labute approximate surface area is 72.6 Å². The van der Waals surface area contributed by atoms with Crippen LogP contribution in [0.15, 0.2) is 12.1 Å². The van der Waals surface area contributed by atoms with Crippen LogP contribution in [0.4, 0.5) is 4.39 Å². The molecule has 0 saturated heterocycles. The van der Waals surface area contributed by atoms with Gasteiger partial charge in [-0.15, -0.1) is 0 Å². The van der Waals surface area contributed by atoms with E-state index in [0.717, 1.165) is 16.7 Å². The van der Waals surface area contributed by atoms with Crippen LogP contribution in [0, 0.1) is 19.7 Å². The van der Waals surface area contributed by atoms with Crippen LogP contribution in [0.1, 0.15) is 16.7 Å². The first-order valence-corrected chi connectivity index (χ1v) is 4.05. The minimum absolute atomic E-state index is 0.0880. The van der Waals surface area contributed by atoms with Gasteiger partial charge in [0.2, 0.25) is 0 Å². The van der Waals surface area contributed by atoms with E-state index in [1.54, 1.807) is 6.92 Å². The van der Waals surface area contributed by atoms with E-state index in [2.05, 4.69) is 5.32 Å². The van der Waals surface area contributed by atoms with Crippen LogP contribution in [-0.2, 0) is 6.54 Å². The van der Waals surface area contributed by atoms with Crippen molar-refractivity contribution in [2.24, 2.45) is 0 Å². The normalized spacial score (nSPS) is 10.3. The minimum Gasteiger partial charge on any atom is -0.316 e. The number of benzene rings is 1. The highest BCUT2D eigenvalue weighted by molar-refractivity contribution is 5.30. The Kier molecular flexibility index (Phi) is 2.82. The molecule has 66 valence electrons. The molecule has 1 aromatic carbocycles. The maximum atomic E-state index is 13.3. The Morgan fingerprint density at radius 2 is 2.00 bits per heavy atom. The first-order valence-electron chi connectivity index (χ1n) is 4.05. The van der Waals surface area contributed by atoms with Crippen molar-refractivity contribution >= 4 is 0 Å². The zero-order chi connectivity index (χ0) is 9.14. The lowest BCUT2D eigenvalue weighted by Crippen LogP contribution is -2.08. The lowest BCUT2D eigenvalue weighted by Gasteiger charge is -2.06. The Hall–Kier alpha value is -0.890. The molecule has 1 aromatic rings. The molecule has 1 N–H and O–H groups in total. The highest BCUT2D eigenvalue weighted by Gasteiger charge is 2.04. The van der Waals surface area contributed by atoms with E-state index in [4.69, 9.17) is 0 Å². The summed E-state index contributed by atoms with van der Waals surface area (Å²) in [5.74, 6) is -0.0880. The molecule has 0 spiro atoms. The van der Waals surface area contributed by atoms with Crippen molar-refractivity contribution in [1.82, 2.24) is 5.32 Å². The second-order valence-corrected chi connectivity index (χ2v) is 3.09. The molecule has 0 aromatic heterocycles. The molecular formula is C10H14FN. The fraction of sp³-hybridized carbons (Fsp3) is 0.400. The summed E-state index contributed by atoms with van der Waals surface area (Å²) in [6.45, 7) is 4.36. The van der Waals surface area contributed by atoms with Gasteiger partial charge in [0.25, 0.3) is 0 Å². The lowest BCUT2D eigenvalue weighted by atomic mass is 10.1. The molecule has 2 heteroatoms. The van der Waals surface area contributed by atoms with E-state index in [1.807, 2.05) is 26.1 Å². The zero-order valence-electron chi connectivity index (χ0n) is 7.74. The predicted octanol–water partition coefficient (Wildman–Crippen LogP) is 2.16. The van der Waals surface area contributed by atoms with E-state index in [0.29, 0.717) is 6.54 Å². The Morgan fingerprint density at radius 1 is 1.33 bits per heavy atom. The van der Waals surface area contributed by atoms with Gasteiger partial charge in [-0.3, -0.25) is 0 Å². The SMILES string of the molecule is CNCc1cc(C)cc(C)c1F. The molecule has 0 aliphatic carbocycles. The number of hydrogen-bond acceptors (Lipinski definition) is 1. The zero-order valence-corrected chi connectivity index (χ0v) is 7.74. The van der Waals surface area contributed by atoms with Gasteiger partial charge in [-0.05, 0) is 26.5 Å². The maximum absolute atomic E-state index is 13.3. The van der Waals surface area contributed by atoms with Gasteiger partial charge < -0.3 is 5.32 Å². The number of nitrogens with one attached hydrogen (secondary N) is 1. The molecule has 0 fully saturated rings. The van der Waals surface area contributed by atoms with Crippen molar-refractivity contribution < 1.29 is 4.39 Å². The maximum Gasteiger partial charge on any atom is 0.130 e. The molecule has 0 bridgehead atoms. The molecule has 0 aliphatic heterocycles. The number of rotatable bonds is 2. The second-order valence-electron chi connectivity index (χ2n) is 3.09. The number of halogens is 1. The summed E-state index contributed by atoms with van der Waals surface area (Å²) in [5, 5.41) is 2.94. The minimum atomic E-state index is -0.0880. The van der Waals surface area contributed by atoms with E-state index in [9.17, 15) is 4.39 Å². The van der Waals surface area contributed by atoms with Crippen LogP contribution in [0.25, 0.3) is 0 Å². The number of aryl methyl sites for hydroxylation is 2. The molecule has 0 amide bonds. The molecule has 1 rings (SSSR count). The van der Waals surface area contributed by atoms with Gasteiger partial charge in [0.05, 0.1) is 0 Å². The van der Waals surface area contributed by atoms with Gasteiger partial charge in [0.15, 0.2) is 0 Å². The third kappa shape index (κ3) is 1.83. The third-order valence-electron chi connectivity index (χ3n) is 1.84. The highest BCUT2D eigenvalue weighted by Crippen LogP contribution is 2.14. The molecule has 1 nitrogen and oxygen atoms in total. The van der Waals surface area contributed by atoms with Crippen molar-refractivity contribution in [1.29, 1.82) is 0 Å². The van der Waals surface area contributed by atoms with Crippen molar-refractivity contribution in [2.45, 2.75) is 20.4 Å². The van der Waals surface area contributed by atoms with Crippen LogP contribution in [-0.4, -0.2) is 7.05 Å². The summed E-state index contributed by atoms with van der Waals surface area (Å²) in [4.78, 5) is 0. The second kappa shape index (κ2) is 3.68. The Bertz CT molecular complexity index is 281. The van der Waals surface area contributed by atoms with Gasteiger partial charge in [0, 0.05) is 12.1 Å². The molecule has 0 atom stereocenters. The molecule has 0 aliphatic rings. The molecule has 0 radical (unpaired) electrons. The fourth-order valence-corrected chi connectivity index (χ4v) is 1.36. The average Bonchev–Trinajstić information content (AvgIpc) is 2.00. The van der Waals surface area contributed by atoms with Gasteiger partial charge in [-0.25, -0.2) is 4.39 Å². The first-order chi connectivity index (χ1) is 5.65. The van der Waals surface area contributed by atoms with E-state index in [-0.39, 0.29) is 5.82 Å². The van der Waals surface area contributed by atoms with Crippen LogP contribution in [0.5, 0.6) is 0 Å². The highest BCUT2D eigenvalue weighted by atomic mass is 19.1. The topological polar surface area (TPSA) is 12.0 Å². The predicted molar refractivity (Wildman–Crippen MR) is 48.6 cm³/mol. The van der Waals surface area contributed by atoms with Gasteiger partial charge in [0.1, 0.15) is 5.82 Å².